The monoisotopic (exact) mass is 303 g/mol. The molecule has 0 radical (unpaired) electrons. The summed E-state index contributed by atoms with van der Waals surface area (Å²) in [5, 5.41) is 12.1. The van der Waals surface area contributed by atoms with Crippen molar-refractivity contribution in [2.45, 2.75) is 40.2 Å². The van der Waals surface area contributed by atoms with E-state index in [2.05, 4.69) is 5.32 Å². The number of aliphatic carboxylic acids is 1. The summed E-state index contributed by atoms with van der Waals surface area (Å²) in [5.74, 6) is -1.70. The highest BCUT2D eigenvalue weighted by atomic mass is 16.4. The van der Waals surface area contributed by atoms with Gasteiger partial charge in [-0.25, -0.2) is 0 Å². The fourth-order valence-electron chi connectivity index (χ4n) is 1.86. The van der Waals surface area contributed by atoms with Crippen LogP contribution in [0.4, 0.5) is 0 Å². The van der Waals surface area contributed by atoms with Crippen LogP contribution >= 0.6 is 0 Å². The van der Waals surface area contributed by atoms with Crippen LogP contribution in [-0.2, 0) is 9.59 Å². The van der Waals surface area contributed by atoms with Gasteiger partial charge in [-0.1, -0.05) is 63.3 Å². The maximum absolute atomic E-state index is 12.1. The highest BCUT2D eigenvalue weighted by Gasteiger charge is 2.28. The molecular weight excluding hydrogens is 278 g/mol. The third kappa shape index (κ3) is 5.72. The molecule has 0 fully saturated rings. The quantitative estimate of drug-likeness (QED) is 0.847. The summed E-state index contributed by atoms with van der Waals surface area (Å²) in [7, 11) is 0. The second-order valence-corrected chi connectivity index (χ2v) is 6.51. The zero-order chi connectivity index (χ0) is 16.8. The van der Waals surface area contributed by atoms with Crippen LogP contribution in [0, 0.1) is 11.3 Å². The number of carbonyl (C=O) groups excluding carboxylic acids is 1. The Kier molecular flexibility index (Phi) is 6.35. The fraction of sp³-hybridized carbons (Fsp3) is 0.444. The van der Waals surface area contributed by atoms with Gasteiger partial charge in [-0.2, -0.15) is 0 Å². The lowest BCUT2D eigenvalue weighted by Crippen LogP contribution is -2.46. The molecule has 2 N–H and O–H groups in total. The average Bonchev–Trinajstić information content (AvgIpc) is 2.45. The highest BCUT2D eigenvalue weighted by molar-refractivity contribution is 5.82. The van der Waals surface area contributed by atoms with Gasteiger partial charge in [0, 0.05) is 11.5 Å². The Balaban J connectivity index is 2.76. The number of carboxylic acids is 1. The lowest BCUT2D eigenvalue weighted by molar-refractivity contribution is -0.142. The maximum Gasteiger partial charge on any atom is 0.308 e. The van der Waals surface area contributed by atoms with Crippen molar-refractivity contribution < 1.29 is 14.7 Å². The maximum atomic E-state index is 12.1. The minimum Gasteiger partial charge on any atom is -0.481 e. The molecule has 4 nitrogen and oxygen atoms in total. The standard InChI is InChI=1S/C18H25NO3/c1-13(16(20)21)15(19-17(22)18(2,3)4)12-8-11-14-9-6-5-7-10-14/h5-11,13,15H,12H2,1-4H3,(H,19,22)(H,20,21)/b11-8+. The largest absolute Gasteiger partial charge is 0.481 e. The first-order valence-corrected chi connectivity index (χ1v) is 7.47. The van der Waals surface area contributed by atoms with E-state index in [9.17, 15) is 14.7 Å². The van der Waals surface area contributed by atoms with Gasteiger partial charge >= 0.3 is 5.97 Å². The van der Waals surface area contributed by atoms with E-state index in [-0.39, 0.29) is 5.91 Å². The normalized spacial score (nSPS) is 14.5. The van der Waals surface area contributed by atoms with Gasteiger partial charge in [0.15, 0.2) is 0 Å². The van der Waals surface area contributed by atoms with Gasteiger partial charge in [-0.05, 0) is 18.9 Å². The molecule has 1 aromatic carbocycles. The van der Waals surface area contributed by atoms with E-state index in [4.69, 9.17) is 0 Å². The zero-order valence-corrected chi connectivity index (χ0v) is 13.7. The van der Waals surface area contributed by atoms with Crippen LogP contribution in [0.25, 0.3) is 6.08 Å². The van der Waals surface area contributed by atoms with Crippen molar-refractivity contribution in [2.24, 2.45) is 11.3 Å². The van der Waals surface area contributed by atoms with Gasteiger partial charge in [-0.3, -0.25) is 9.59 Å². The first kappa shape index (κ1) is 18.0. The molecule has 2 unspecified atom stereocenters. The molecule has 4 heteroatoms. The number of hydrogen-bond donors (Lipinski definition) is 2. The number of rotatable bonds is 6. The Bertz CT molecular complexity index is 529. The molecule has 1 aromatic rings. The summed E-state index contributed by atoms with van der Waals surface area (Å²) in [5.41, 5.74) is 0.506. The van der Waals surface area contributed by atoms with E-state index in [1.165, 1.54) is 0 Å². The Morgan fingerprint density at radius 1 is 1.23 bits per heavy atom. The van der Waals surface area contributed by atoms with Crippen LogP contribution in [0.1, 0.15) is 39.7 Å². The third-order valence-corrected chi connectivity index (χ3v) is 3.49. The molecule has 1 amide bonds. The summed E-state index contributed by atoms with van der Waals surface area (Å²) in [4.78, 5) is 23.3. The van der Waals surface area contributed by atoms with Crippen LogP contribution in [-0.4, -0.2) is 23.0 Å². The minimum absolute atomic E-state index is 0.140. The van der Waals surface area contributed by atoms with Crippen LogP contribution in [0.3, 0.4) is 0 Å². The average molecular weight is 303 g/mol. The number of carboxylic acid groups (broad SMARTS) is 1. The predicted octanol–water partition coefficient (Wildman–Crippen LogP) is 3.34. The van der Waals surface area contributed by atoms with Crippen molar-refractivity contribution in [1.29, 1.82) is 0 Å². The number of carbonyl (C=O) groups is 2. The van der Waals surface area contributed by atoms with Crippen molar-refractivity contribution in [3.63, 3.8) is 0 Å². The molecule has 0 saturated carbocycles. The molecule has 120 valence electrons. The first-order valence-electron chi connectivity index (χ1n) is 7.47. The molecule has 0 saturated heterocycles. The van der Waals surface area contributed by atoms with Crippen molar-refractivity contribution in [2.75, 3.05) is 0 Å². The molecule has 0 heterocycles. The summed E-state index contributed by atoms with van der Waals surface area (Å²) in [6, 6.07) is 9.34. The van der Waals surface area contributed by atoms with Crippen molar-refractivity contribution in [3.8, 4) is 0 Å². The molecule has 0 spiro atoms. The van der Waals surface area contributed by atoms with Gasteiger partial charge in [0.2, 0.25) is 5.91 Å². The van der Waals surface area contributed by atoms with E-state index in [0.29, 0.717) is 6.42 Å². The summed E-state index contributed by atoms with van der Waals surface area (Å²) in [6.07, 6.45) is 4.32. The summed E-state index contributed by atoms with van der Waals surface area (Å²) in [6.45, 7) is 7.05. The molecule has 0 aliphatic carbocycles. The van der Waals surface area contributed by atoms with Gasteiger partial charge in [0.1, 0.15) is 0 Å². The van der Waals surface area contributed by atoms with Gasteiger partial charge in [-0.15, -0.1) is 0 Å². The lowest BCUT2D eigenvalue weighted by atomic mass is 9.92. The van der Waals surface area contributed by atoms with Crippen LogP contribution in [0.2, 0.25) is 0 Å². The third-order valence-electron chi connectivity index (χ3n) is 3.49. The number of hydrogen-bond acceptors (Lipinski definition) is 2. The van der Waals surface area contributed by atoms with E-state index >= 15 is 0 Å². The highest BCUT2D eigenvalue weighted by Crippen LogP contribution is 2.16. The summed E-state index contributed by atoms with van der Waals surface area (Å²) >= 11 is 0. The number of amides is 1. The molecule has 0 bridgehead atoms. The first-order chi connectivity index (χ1) is 10.2. The smallest absolute Gasteiger partial charge is 0.308 e. The van der Waals surface area contributed by atoms with Crippen molar-refractivity contribution >= 4 is 18.0 Å². The Labute approximate surface area is 132 Å². The van der Waals surface area contributed by atoms with Gasteiger partial charge in [0.25, 0.3) is 0 Å². The Morgan fingerprint density at radius 2 is 1.82 bits per heavy atom. The van der Waals surface area contributed by atoms with Gasteiger partial charge < -0.3 is 10.4 Å². The molecule has 0 aromatic heterocycles. The topological polar surface area (TPSA) is 66.4 Å². The lowest BCUT2D eigenvalue weighted by Gasteiger charge is -2.26. The second kappa shape index (κ2) is 7.78. The van der Waals surface area contributed by atoms with Crippen LogP contribution in [0.15, 0.2) is 36.4 Å². The fourth-order valence-corrected chi connectivity index (χ4v) is 1.86. The van der Waals surface area contributed by atoms with E-state index in [1.807, 2.05) is 63.3 Å². The Hall–Kier alpha value is -2.10. The number of nitrogens with one attached hydrogen (secondary N) is 1. The molecule has 1 rings (SSSR count). The van der Waals surface area contributed by atoms with Crippen LogP contribution in [0.5, 0.6) is 0 Å². The zero-order valence-electron chi connectivity index (χ0n) is 13.7. The molecule has 22 heavy (non-hydrogen) atoms. The second-order valence-electron chi connectivity index (χ2n) is 6.51. The van der Waals surface area contributed by atoms with Crippen molar-refractivity contribution in [3.05, 3.63) is 42.0 Å². The van der Waals surface area contributed by atoms with E-state index in [0.717, 1.165) is 5.56 Å². The SMILES string of the molecule is CC(C(=O)O)C(C/C=C/c1ccccc1)NC(=O)C(C)(C)C. The number of benzene rings is 1. The van der Waals surface area contributed by atoms with Crippen molar-refractivity contribution in [1.82, 2.24) is 5.32 Å². The van der Waals surface area contributed by atoms with Gasteiger partial charge in [0.05, 0.1) is 5.92 Å². The molecule has 2 atom stereocenters. The predicted molar refractivity (Wildman–Crippen MR) is 88.3 cm³/mol. The molecule has 0 aliphatic heterocycles. The molecule has 0 aliphatic rings. The van der Waals surface area contributed by atoms with E-state index in [1.54, 1.807) is 6.92 Å². The summed E-state index contributed by atoms with van der Waals surface area (Å²) < 4.78 is 0. The Morgan fingerprint density at radius 3 is 2.32 bits per heavy atom. The molecular formula is C18H25NO3. The minimum atomic E-state index is -0.910. The van der Waals surface area contributed by atoms with Crippen LogP contribution < -0.4 is 5.32 Å². The van der Waals surface area contributed by atoms with E-state index < -0.39 is 23.3 Å².